The van der Waals surface area contributed by atoms with Crippen LogP contribution in [-0.4, -0.2) is 0 Å². The smallest absolute Gasteiger partial charge is 0.129 e. The van der Waals surface area contributed by atoms with Crippen LogP contribution in [0.4, 0.5) is 8.78 Å². The Balaban J connectivity index is 2.20. The second kappa shape index (κ2) is 6.47. The molecule has 0 nitrogen and oxygen atoms in total. The van der Waals surface area contributed by atoms with Crippen molar-refractivity contribution < 1.29 is 8.78 Å². The van der Waals surface area contributed by atoms with Gasteiger partial charge in [-0.15, -0.1) is 0 Å². The number of hydrogen-bond acceptors (Lipinski definition) is 0. The molecule has 0 fully saturated rings. The van der Waals surface area contributed by atoms with E-state index in [2.05, 4.69) is 19.1 Å². The number of benzene rings is 2. The van der Waals surface area contributed by atoms with Gasteiger partial charge in [-0.2, -0.15) is 0 Å². The zero-order valence-electron chi connectivity index (χ0n) is 11.7. The van der Waals surface area contributed by atoms with E-state index in [0.29, 0.717) is 0 Å². The lowest BCUT2D eigenvalue weighted by Gasteiger charge is -2.05. The Morgan fingerprint density at radius 3 is 2.20 bits per heavy atom. The van der Waals surface area contributed by atoms with Gasteiger partial charge in [0.1, 0.15) is 12.0 Å². The minimum Gasteiger partial charge on any atom is -0.242 e. The highest BCUT2D eigenvalue weighted by atomic mass is 19.1. The summed E-state index contributed by atoms with van der Waals surface area (Å²) in [6, 6.07) is 12.8. The van der Waals surface area contributed by atoms with Gasteiger partial charge in [-0.25, -0.2) is 8.78 Å². The minimum absolute atomic E-state index is 0.105. The molecule has 104 valence electrons. The Labute approximate surface area is 118 Å². The van der Waals surface area contributed by atoms with Crippen LogP contribution in [0.25, 0.3) is 12.2 Å². The molecule has 2 aromatic carbocycles. The summed E-state index contributed by atoms with van der Waals surface area (Å²) in [6.07, 6.45) is 3.53. The normalized spacial score (nSPS) is 12.8. The summed E-state index contributed by atoms with van der Waals surface area (Å²) in [5, 5.41) is 0. The average Bonchev–Trinajstić information content (AvgIpc) is 2.46. The Morgan fingerprint density at radius 1 is 1.00 bits per heavy atom. The van der Waals surface area contributed by atoms with E-state index in [4.69, 9.17) is 0 Å². The van der Waals surface area contributed by atoms with Crippen molar-refractivity contribution in [2.75, 3.05) is 0 Å². The second-order valence-electron chi connectivity index (χ2n) is 4.83. The van der Waals surface area contributed by atoms with Crippen LogP contribution in [0.1, 0.15) is 42.3 Å². The van der Waals surface area contributed by atoms with E-state index in [0.717, 1.165) is 17.5 Å². The highest BCUT2D eigenvalue weighted by Crippen LogP contribution is 2.22. The average molecular weight is 272 g/mol. The first-order valence-corrected chi connectivity index (χ1v) is 6.80. The number of halogens is 2. The van der Waals surface area contributed by atoms with Crippen LogP contribution >= 0.6 is 0 Å². The Hall–Kier alpha value is -1.96. The first-order chi connectivity index (χ1) is 9.60. The standard InChI is InChI=1S/C18H18F2/c1-3-14-4-6-15(7-5-14)8-9-16-10-11-18(20)17(12-16)13(2)19/h4-13H,3H2,1-2H3/b9-8+. The summed E-state index contributed by atoms with van der Waals surface area (Å²) in [5.74, 6) is -0.496. The van der Waals surface area contributed by atoms with Crippen LogP contribution in [0.15, 0.2) is 42.5 Å². The fourth-order valence-corrected chi connectivity index (χ4v) is 2.03. The summed E-state index contributed by atoms with van der Waals surface area (Å²) in [6.45, 7) is 3.46. The molecular formula is C18H18F2. The topological polar surface area (TPSA) is 0 Å². The Bertz CT molecular complexity index is 595. The zero-order valence-corrected chi connectivity index (χ0v) is 11.7. The molecule has 2 heteroatoms. The second-order valence-corrected chi connectivity index (χ2v) is 4.83. The van der Waals surface area contributed by atoms with Gasteiger partial charge in [-0.3, -0.25) is 0 Å². The molecular weight excluding hydrogens is 254 g/mol. The molecule has 0 saturated heterocycles. The predicted octanol–water partition coefficient (Wildman–Crippen LogP) is 5.59. The summed E-state index contributed by atoms with van der Waals surface area (Å²) in [7, 11) is 0. The highest BCUT2D eigenvalue weighted by Gasteiger charge is 2.09. The maximum absolute atomic E-state index is 13.4. The lowest BCUT2D eigenvalue weighted by Crippen LogP contribution is -1.92. The van der Waals surface area contributed by atoms with Gasteiger partial charge in [0.05, 0.1) is 0 Å². The van der Waals surface area contributed by atoms with Crippen LogP contribution in [0.3, 0.4) is 0 Å². The first-order valence-electron chi connectivity index (χ1n) is 6.80. The Morgan fingerprint density at radius 2 is 1.60 bits per heavy atom. The van der Waals surface area contributed by atoms with E-state index < -0.39 is 12.0 Å². The molecule has 1 unspecified atom stereocenters. The summed E-state index contributed by atoms with van der Waals surface area (Å²) >= 11 is 0. The van der Waals surface area contributed by atoms with Crippen molar-refractivity contribution >= 4 is 12.2 Å². The van der Waals surface area contributed by atoms with E-state index in [9.17, 15) is 8.78 Å². The molecule has 0 saturated carbocycles. The summed E-state index contributed by atoms with van der Waals surface area (Å²) < 4.78 is 26.7. The summed E-state index contributed by atoms with van der Waals surface area (Å²) in [5.41, 5.74) is 3.26. The van der Waals surface area contributed by atoms with E-state index in [-0.39, 0.29) is 5.56 Å². The maximum Gasteiger partial charge on any atom is 0.129 e. The van der Waals surface area contributed by atoms with Gasteiger partial charge < -0.3 is 0 Å². The third-order valence-corrected chi connectivity index (χ3v) is 3.30. The number of rotatable bonds is 4. The number of alkyl halides is 1. The van der Waals surface area contributed by atoms with Crippen LogP contribution in [-0.2, 0) is 6.42 Å². The lowest BCUT2D eigenvalue weighted by atomic mass is 10.0. The van der Waals surface area contributed by atoms with Crippen molar-refractivity contribution in [3.05, 3.63) is 70.5 Å². The molecule has 0 aliphatic heterocycles. The van der Waals surface area contributed by atoms with Crippen molar-refractivity contribution in [1.82, 2.24) is 0 Å². The third-order valence-electron chi connectivity index (χ3n) is 3.30. The fraction of sp³-hybridized carbons (Fsp3) is 0.222. The molecule has 0 aliphatic rings. The maximum atomic E-state index is 13.4. The van der Waals surface area contributed by atoms with Gasteiger partial charge in [0, 0.05) is 5.56 Å². The van der Waals surface area contributed by atoms with Crippen LogP contribution in [0.2, 0.25) is 0 Å². The lowest BCUT2D eigenvalue weighted by molar-refractivity contribution is 0.361. The largest absolute Gasteiger partial charge is 0.242 e. The van der Waals surface area contributed by atoms with Crippen molar-refractivity contribution in [2.45, 2.75) is 26.4 Å². The van der Waals surface area contributed by atoms with Crippen molar-refractivity contribution in [3.8, 4) is 0 Å². The number of aryl methyl sites for hydroxylation is 1. The monoisotopic (exact) mass is 272 g/mol. The molecule has 2 aromatic rings. The van der Waals surface area contributed by atoms with Crippen molar-refractivity contribution in [2.24, 2.45) is 0 Å². The molecule has 1 atom stereocenters. The van der Waals surface area contributed by atoms with Gasteiger partial charge in [0.2, 0.25) is 0 Å². The SMILES string of the molecule is CCc1ccc(/C=C/c2ccc(F)c(C(C)F)c2)cc1. The van der Waals surface area contributed by atoms with Gasteiger partial charge in [-0.1, -0.05) is 49.4 Å². The molecule has 0 heterocycles. The molecule has 0 radical (unpaired) electrons. The first kappa shape index (κ1) is 14.4. The molecule has 20 heavy (non-hydrogen) atoms. The molecule has 0 spiro atoms. The van der Waals surface area contributed by atoms with E-state index in [1.807, 2.05) is 24.3 Å². The third kappa shape index (κ3) is 3.53. The Kier molecular flexibility index (Phi) is 4.67. The molecule has 0 aliphatic carbocycles. The summed E-state index contributed by atoms with van der Waals surface area (Å²) in [4.78, 5) is 0. The van der Waals surface area contributed by atoms with E-state index in [1.54, 1.807) is 12.1 Å². The number of hydrogen-bond donors (Lipinski definition) is 0. The van der Waals surface area contributed by atoms with Gasteiger partial charge >= 0.3 is 0 Å². The van der Waals surface area contributed by atoms with Crippen LogP contribution < -0.4 is 0 Å². The fourth-order valence-electron chi connectivity index (χ4n) is 2.03. The predicted molar refractivity (Wildman–Crippen MR) is 80.7 cm³/mol. The van der Waals surface area contributed by atoms with Crippen LogP contribution in [0.5, 0.6) is 0 Å². The molecule has 0 amide bonds. The van der Waals surface area contributed by atoms with Crippen molar-refractivity contribution in [3.63, 3.8) is 0 Å². The highest BCUT2D eigenvalue weighted by molar-refractivity contribution is 5.70. The van der Waals surface area contributed by atoms with Crippen molar-refractivity contribution in [1.29, 1.82) is 0 Å². The minimum atomic E-state index is -1.30. The van der Waals surface area contributed by atoms with Crippen LogP contribution in [0, 0.1) is 5.82 Å². The zero-order chi connectivity index (χ0) is 14.5. The molecule has 0 N–H and O–H groups in total. The van der Waals surface area contributed by atoms with E-state index >= 15 is 0 Å². The van der Waals surface area contributed by atoms with E-state index in [1.165, 1.54) is 18.6 Å². The van der Waals surface area contributed by atoms with Gasteiger partial charge in [0.15, 0.2) is 0 Å². The molecule has 0 aromatic heterocycles. The molecule has 2 rings (SSSR count). The molecule has 0 bridgehead atoms. The quantitative estimate of drug-likeness (QED) is 0.636. The van der Waals surface area contributed by atoms with Gasteiger partial charge in [0.25, 0.3) is 0 Å². The van der Waals surface area contributed by atoms with Gasteiger partial charge in [-0.05, 0) is 42.2 Å².